The molecule has 3 rings (SSSR count). The second-order valence-corrected chi connectivity index (χ2v) is 7.91. The van der Waals surface area contributed by atoms with E-state index in [1.807, 2.05) is 20.8 Å². The Labute approximate surface area is 177 Å². The van der Waals surface area contributed by atoms with Crippen LogP contribution in [-0.2, 0) is 6.18 Å². The van der Waals surface area contributed by atoms with Crippen LogP contribution in [0, 0.1) is 0 Å². The smallest absolute Gasteiger partial charge is 0.347 e. The molecule has 0 aliphatic carbocycles. The summed E-state index contributed by atoms with van der Waals surface area (Å²) in [4.78, 5) is 24.7. The first-order valence-electron chi connectivity index (χ1n) is 9.39. The van der Waals surface area contributed by atoms with E-state index in [-0.39, 0.29) is 22.8 Å². The number of alkyl halides is 3. The molecule has 162 valence electrons. The number of carbonyl (C=O) groups excluding carboxylic acids is 2. The first-order valence-corrected chi connectivity index (χ1v) is 9.39. The summed E-state index contributed by atoms with van der Waals surface area (Å²) in [6, 6.07) is 10.8. The average Bonchev–Trinajstić information content (AvgIpc) is 3.21. The van der Waals surface area contributed by atoms with Crippen LogP contribution in [0.1, 0.15) is 47.1 Å². The summed E-state index contributed by atoms with van der Waals surface area (Å²) >= 11 is 0. The van der Waals surface area contributed by atoms with Crippen LogP contribution in [0.5, 0.6) is 0 Å². The fourth-order valence-corrected chi connectivity index (χ4v) is 2.82. The molecule has 6 nitrogen and oxygen atoms in total. The van der Waals surface area contributed by atoms with Gasteiger partial charge in [-0.2, -0.15) is 18.3 Å². The molecule has 1 aromatic heterocycles. The van der Waals surface area contributed by atoms with E-state index in [2.05, 4.69) is 15.7 Å². The molecule has 9 heteroatoms. The molecule has 3 aromatic rings. The minimum atomic E-state index is -4.68. The molecular formula is C22H21F3N4O2. The highest BCUT2D eigenvalue weighted by Gasteiger charge is 2.34. The number of hydrogen-bond acceptors (Lipinski definition) is 3. The van der Waals surface area contributed by atoms with Gasteiger partial charge in [0.1, 0.15) is 0 Å². The molecule has 0 fully saturated rings. The molecule has 0 radical (unpaired) electrons. The predicted octanol–water partition coefficient (Wildman–Crippen LogP) is 4.67. The lowest BCUT2D eigenvalue weighted by molar-refractivity contribution is -0.136. The first kappa shape index (κ1) is 22.1. The van der Waals surface area contributed by atoms with E-state index in [9.17, 15) is 22.8 Å². The standard InChI is InChI=1S/C22H21F3N4O2/c1-21(2,3)28-20(31)15-7-5-14(6-8-15)19(30)27-18-10-9-16(29-12-4-11-26-29)13-17(18)22(23,24)25/h4-13H,1-3H3,(H,27,30)(H,28,31). The normalized spacial score (nSPS) is 11.8. The zero-order valence-corrected chi connectivity index (χ0v) is 17.1. The van der Waals surface area contributed by atoms with Gasteiger partial charge in [0.25, 0.3) is 11.8 Å². The van der Waals surface area contributed by atoms with Crippen molar-refractivity contribution in [2.45, 2.75) is 32.5 Å². The molecular weight excluding hydrogens is 409 g/mol. The lowest BCUT2D eigenvalue weighted by atomic mass is 10.1. The summed E-state index contributed by atoms with van der Waals surface area (Å²) in [5, 5.41) is 9.02. The first-order chi connectivity index (χ1) is 14.4. The highest BCUT2D eigenvalue weighted by atomic mass is 19.4. The third-order valence-electron chi connectivity index (χ3n) is 4.22. The van der Waals surface area contributed by atoms with Gasteiger partial charge in [0.2, 0.25) is 0 Å². The van der Waals surface area contributed by atoms with E-state index < -0.39 is 23.2 Å². The molecule has 0 atom stereocenters. The molecule has 0 aliphatic rings. The quantitative estimate of drug-likeness (QED) is 0.632. The minimum Gasteiger partial charge on any atom is -0.347 e. The van der Waals surface area contributed by atoms with E-state index in [1.165, 1.54) is 53.5 Å². The maximum absolute atomic E-state index is 13.6. The van der Waals surface area contributed by atoms with Crippen LogP contribution in [0.25, 0.3) is 5.69 Å². The van der Waals surface area contributed by atoms with Crippen molar-refractivity contribution >= 4 is 17.5 Å². The van der Waals surface area contributed by atoms with Crippen LogP contribution in [0.3, 0.4) is 0 Å². The van der Waals surface area contributed by atoms with Gasteiger partial charge < -0.3 is 10.6 Å². The molecule has 31 heavy (non-hydrogen) atoms. The maximum Gasteiger partial charge on any atom is 0.418 e. The number of hydrogen-bond donors (Lipinski definition) is 2. The molecule has 2 N–H and O–H groups in total. The van der Waals surface area contributed by atoms with Gasteiger partial charge in [0, 0.05) is 29.1 Å². The Balaban J connectivity index is 1.82. The number of carbonyl (C=O) groups is 2. The Bertz CT molecular complexity index is 1080. The van der Waals surface area contributed by atoms with Gasteiger partial charge in [0.05, 0.1) is 16.9 Å². The molecule has 0 saturated carbocycles. The number of aromatic nitrogens is 2. The van der Waals surface area contributed by atoms with Crippen LogP contribution >= 0.6 is 0 Å². The summed E-state index contributed by atoms with van der Waals surface area (Å²) < 4.78 is 42.0. The number of amides is 2. The zero-order valence-electron chi connectivity index (χ0n) is 17.1. The maximum atomic E-state index is 13.6. The van der Waals surface area contributed by atoms with Crippen molar-refractivity contribution in [3.8, 4) is 5.69 Å². The topological polar surface area (TPSA) is 76.0 Å². The van der Waals surface area contributed by atoms with Crippen molar-refractivity contribution in [2.24, 2.45) is 0 Å². The predicted molar refractivity (Wildman–Crippen MR) is 110 cm³/mol. The van der Waals surface area contributed by atoms with E-state index in [0.717, 1.165) is 6.07 Å². The van der Waals surface area contributed by atoms with Crippen LogP contribution in [0.4, 0.5) is 18.9 Å². The Hall–Kier alpha value is -3.62. The number of rotatable bonds is 4. The largest absolute Gasteiger partial charge is 0.418 e. The van der Waals surface area contributed by atoms with Crippen molar-refractivity contribution < 1.29 is 22.8 Å². The fraction of sp³-hybridized carbons (Fsp3) is 0.227. The molecule has 2 aromatic carbocycles. The number of anilines is 1. The minimum absolute atomic E-state index is 0.122. The number of benzene rings is 2. The van der Waals surface area contributed by atoms with E-state index in [4.69, 9.17) is 0 Å². The number of halogens is 3. The van der Waals surface area contributed by atoms with Gasteiger partial charge in [0.15, 0.2) is 0 Å². The fourth-order valence-electron chi connectivity index (χ4n) is 2.82. The highest BCUT2D eigenvalue weighted by Crippen LogP contribution is 2.36. The molecule has 0 aliphatic heterocycles. The molecule has 1 heterocycles. The van der Waals surface area contributed by atoms with Gasteiger partial charge in [-0.3, -0.25) is 9.59 Å². The second-order valence-electron chi connectivity index (χ2n) is 7.91. The highest BCUT2D eigenvalue weighted by molar-refractivity contribution is 6.05. The molecule has 2 amide bonds. The SMILES string of the molecule is CC(C)(C)NC(=O)c1ccc(C(=O)Nc2ccc(-n3cccn3)cc2C(F)(F)F)cc1. The summed E-state index contributed by atoms with van der Waals surface area (Å²) in [6.45, 7) is 5.51. The Morgan fingerprint density at radius 2 is 1.55 bits per heavy atom. The van der Waals surface area contributed by atoms with Crippen LogP contribution in [0.2, 0.25) is 0 Å². The van der Waals surface area contributed by atoms with Gasteiger partial charge >= 0.3 is 6.18 Å². The van der Waals surface area contributed by atoms with E-state index >= 15 is 0 Å². The van der Waals surface area contributed by atoms with Gasteiger partial charge in [-0.05, 0) is 69.3 Å². The van der Waals surface area contributed by atoms with Crippen LogP contribution in [0.15, 0.2) is 60.9 Å². The summed E-state index contributed by atoms with van der Waals surface area (Å²) in [6.07, 6.45) is -1.71. The van der Waals surface area contributed by atoms with Crippen molar-refractivity contribution in [2.75, 3.05) is 5.32 Å². The lowest BCUT2D eigenvalue weighted by Gasteiger charge is -2.20. The van der Waals surface area contributed by atoms with Gasteiger partial charge in [-0.25, -0.2) is 4.68 Å². The third kappa shape index (κ3) is 5.50. The summed E-state index contributed by atoms with van der Waals surface area (Å²) in [5.41, 5.74) is -1.12. The third-order valence-corrected chi connectivity index (χ3v) is 4.22. The second kappa shape index (κ2) is 8.25. The zero-order chi connectivity index (χ0) is 22.8. The lowest BCUT2D eigenvalue weighted by Crippen LogP contribution is -2.40. The Kier molecular flexibility index (Phi) is 5.88. The molecule has 0 spiro atoms. The number of nitrogens with zero attached hydrogens (tertiary/aromatic N) is 2. The van der Waals surface area contributed by atoms with Crippen molar-refractivity contribution in [3.05, 3.63) is 77.6 Å². The Morgan fingerprint density at radius 3 is 2.06 bits per heavy atom. The monoisotopic (exact) mass is 430 g/mol. The summed E-state index contributed by atoms with van der Waals surface area (Å²) in [7, 11) is 0. The molecule has 0 unspecified atom stereocenters. The Morgan fingerprint density at radius 1 is 0.935 bits per heavy atom. The van der Waals surface area contributed by atoms with E-state index in [1.54, 1.807) is 6.07 Å². The average molecular weight is 430 g/mol. The van der Waals surface area contributed by atoms with Gasteiger partial charge in [-0.1, -0.05) is 0 Å². The summed E-state index contributed by atoms with van der Waals surface area (Å²) in [5.74, 6) is -1.03. The molecule has 0 bridgehead atoms. The van der Waals surface area contributed by atoms with Gasteiger partial charge in [-0.15, -0.1) is 0 Å². The molecule has 0 saturated heterocycles. The van der Waals surface area contributed by atoms with Crippen molar-refractivity contribution in [3.63, 3.8) is 0 Å². The van der Waals surface area contributed by atoms with E-state index in [0.29, 0.717) is 5.56 Å². The number of nitrogens with one attached hydrogen (secondary N) is 2. The van der Waals surface area contributed by atoms with Crippen molar-refractivity contribution in [1.82, 2.24) is 15.1 Å². The van der Waals surface area contributed by atoms with Crippen molar-refractivity contribution in [1.29, 1.82) is 0 Å². The van der Waals surface area contributed by atoms with Crippen LogP contribution < -0.4 is 10.6 Å². The van der Waals surface area contributed by atoms with Crippen LogP contribution in [-0.4, -0.2) is 27.1 Å².